The number of benzene rings is 1. The summed E-state index contributed by atoms with van der Waals surface area (Å²) in [6.45, 7) is 0. The third-order valence-corrected chi connectivity index (χ3v) is 1.56. The van der Waals surface area contributed by atoms with Gasteiger partial charge in [0.05, 0.1) is 12.5 Å². The fourth-order valence-electron chi connectivity index (χ4n) is 1.00. The van der Waals surface area contributed by atoms with Crippen molar-refractivity contribution in [3.05, 3.63) is 29.8 Å². The molecule has 2 heteroatoms. The van der Waals surface area contributed by atoms with Crippen molar-refractivity contribution in [3.8, 4) is 6.07 Å². The van der Waals surface area contributed by atoms with Crippen LogP contribution < -0.4 is 5.32 Å². The minimum atomic E-state index is 0.469. The van der Waals surface area contributed by atoms with Gasteiger partial charge in [0.2, 0.25) is 0 Å². The molecule has 0 aliphatic heterocycles. The van der Waals surface area contributed by atoms with Gasteiger partial charge in [-0.1, -0.05) is 18.2 Å². The normalized spacial score (nSPS) is 8.73. The lowest BCUT2D eigenvalue weighted by molar-refractivity contribution is 1.25. The Kier molecular flexibility index (Phi) is 2.51. The smallest absolute Gasteiger partial charge is 0.0670 e. The Morgan fingerprint density at radius 1 is 1.45 bits per heavy atom. The number of hydrogen-bond donors (Lipinski definition) is 1. The Bertz CT molecular complexity index is 273. The van der Waals surface area contributed by atoms with Crippen LogP contribution in [0.25, 0.3) is 0 Å². The van der Waals surface area contributed by atoms with Gasteiger partial charge >= 0.3 is 0 Å². The summed E-state index contributed by atoms with van der Waals surface area (Å²) in [5.74, 6) is 0. The van der Waals surface area contributed by atoms with Gasteiger partial charge in [-0.2, -0.15) is 5.26 Å². The van der Waals surface area contributed by atoms with E-state index >= 15 is 0 Å². The first-order chi connectivity index (χ1) is 5.38. The second kappa shape index (κ2) is 3.62. The molecule has 0 bridgehead atoms. The molecular formula is C9H10N2. The van der Waals surface area contributed by atoms with Crippen molar-refractivity contribution in [2.24, 2.45) is 0 Å². The van der Waals surface area contributed by atoms with Gasteiger partial charge in [-0.15, -0.1) is 0 Å². The van der Waals surface area contributed by atoms with Gasteiger partial charge in [0.25, 0.3) is 0 Å². The predicted octanol–water partition coefficient (Wildman–Crippen LogP) is 1.79. The van der Waals surface area contributed by atoms with Crippen LogP contribution in [0.3, 0.4) is 0 Å². The summed E-state index contributed by atoms with van der Waals surface area (Å²) in [6, 6.07) is 9.93. The van der Waals surface area contributed by atoms with E-state index in [-0.39, 0.29) is 0 Å². The molecule has 0 aliphatic carbocycles. The molecule has 0 fully saturated rings. The quantitative estimate of drug-likeness (QED) is 0.690. The van der Waals surface area contributed by atoms with Gasteiger partial charge in [-0.05, 0) is 11.6 Å². The van der Waals surface area contributed by atoms with Crippen molar-refractivity contribution >= 4 is 5.69 Å². The van der Waals surface area contributed by atoms with Crippen LogP contribution in [0.15, 0.2) is 24.3 Å². The van der Waals surface area contributed by atoms with E-state index in [1.54, 1.807) is 0 Å². The fraction of sp³-hybridized carbons (Fsp3) is 0.222. The molecule has 1 aromatic rings. The zero-order valence-corrected chi connectivity index (χ0v) is 6.46. The molecule has 1 aromatic carbocycles. The van der Waals surface area contributed by atoms with Gasteiger partial charge in [-0.3, -0.25) is 0 Å². The molecule has 1 N–H and O–H groups in total. The average Bonchev–Trinajstić information content (AvgIpc) is 2.06. The zero-order valence-electron chi connectivity index (χ0n) is 6.46. The molecule has 0 saturated heterocycles. The topological polar surface area (TPSA) is 35.8 Å². The largest absolute Gasteiger partial charge is 0.388 e. The van der Waals surface area contributed by atoms with Crippen molar-refractivity contribution in [1.82, 2.24) is 0 Å². The SMILES string of the molecule is CNc1ccccc1CC#N. The molecule has 0 saturated carbocycles. The standard InChI is InChI=1S/C9H10N2/c1-11-9-5-3-2-4-8(9)6-7-10/h2-5,11H,6H2,1H3. The first-order valence-corrected chi connectivity index (χ1v) is 3.51. The molecule has 0 atom stereocenters. The van der Waals surface area contributed by atoms with Crippen LogP contribution in [-0.2, 0) is 6.42 Å². The first-order valence-electron chi connectivity index (χ1n) is 3.51. The fourth-order valence-corrected chi connectivity index (χ4v) is 1.00. The molecule has 0 spiro atoms. The summed E-state index contributed by atoms with van der Waals surface area (Å²) in [5.41, 5.74) is 2.09. The summed E-state index contributed by atoms with van der Waals surface area (Å²) in [7, 11) is 1.86. The van der Waals surface area contributed by atoms with E-state index in [0.29, 0.717) is 6.42 Å². The zero-order chi connectivity index (χ0) is 8.10. The summed E-state index contributed by atoms with van der Waals surface area (Å²) >= 11 is 0. The van der Waals surface area contributed by atoms with E-state index in [1.165, 1.54) is 0 Å². The third kappa shape index (κ3) is 1.71. The van der Waals surface area contributed by atoms with E-state index in [9.17, 15) is 0 Å². The lowest BCUT2D eigenvalue weighted by Crippen LogP contribution is -1.93. The minimum absolute atomic E-state index is 0.469. The van der Waals surface area contributed by atoms with Crippen molar-refractivity contribution in [3.63, 3.8) is 0 Å². The Morgan fingerprint density at radius 2 is 2.18 bits per heavy atom. The Balaban J connectivity index is 2.94. The average molecular weight is 146 g/mol. The molecule has 0 radical (unpaired) electrons. The Hall–Kier alpha value is -1.49. The lowest BCUT2D eigenvalue weighted by atomic mass is 10.1. The highest BCUT2D eigenvalue weighted by Crippen LogP contribution is 2.13. The van der Waals surface area contributed by atoms with Gasteiger partial charge in [0, 0.05) is 12.7 Å². The highest BCUT2D eigenvalue weighted by atomic mass is 14.8. The molecule has 0 aromatic heterocycles. The number of anilines is 1. The highest BCUT2D eigenvalue weighted by molar-refractivity contribution is 5.51. The van der Waals surface area contributed by atoms with Gasteiger partial charge in [0.15, 0.2) is 0 Å². The lowest BCUT2D eigenvalue weighted by Gasteiger charge is -2.03. The number of rotatable bonds is 2. The minimum Gasteiger partial charge on any atom is -0.388 e. The van der Waals surface area contributed by atoms with Crippen LogP contribution >= 0.6 is 0 Å². The third-order valence-electron chi connectivity index (χ3n) is 1.56. The summed E-state index contributed by atoms with van der Waals surface area (Å²) in [4.78, 5) is 0. The molecule has 0 amide bonds. The number of nitriles is 1. The second-order valence-corrected chi connectivity index (χ2v) is 2.24. The van der Waals surface area contributed by atoms with Gasteiger partial charge in [0.1, 0.15) is 0 Å². The molecule has 0 unspecified atom stereocenters. The number of hydrogen-bond acceptors (Lipinski definition) is 2. The highest BCUT2D eigenvalue weighted by Gasteiger charge is 1.96. The van der Waals surface area contributed by atoms with Crippen LogP contribution in [0.4, 0.5) is 5.69 Å². The van der Waals surface area contributed by atoms with Crippen LogP contribution in [0.5, 0.6) is 0 Å². The summed E-state index contributed by atoms with van der Waals surface area (Å²) in [6.07, 6.45) is 0.469. The van der Waals surface area contributed by atoms with Crippen molar-refractivity contribution in [2.75, 3.05) is 12.4 Å². The molecule has 11 heavy (non-hydrogen) atoms. The van der Waals surface area contributed by atoms with E-state index in [0.717, 1.165) is 11.3 Å². The first kappa shape index (κ1) is 7.62. The predicted molar refractivity (Wildman–Crippen MR) is 45.3 cm³/mol. The maximum atomic E-state index is 8.46. The number of nitrogens with zero attached hydrogens (tertiary/aromatic N) is 1. The van der Waals surface area contributed by atoms with Gasteiger partial charge in [-0.25, -0.2) is 0 Å². The Labute approximate surface area is 66.5 Å². The van der Waals surface area contributed by atoms with Crippen LogP contribution in [-0.4, -0.2) is 7.05 Å². The van der Waals surface area contributed by atoms with Crippen molar-refractivity contribution in [2.45, 2.75) is 6.42 Å². The van der Waals surface area contributed by atoms with Crippen molar-refractivity contribution in [1.29, 1.82) is 5.26 Å². The van der Waals surface area contributed by atoms with E-state index in [1.807, 2.05) is 31.3 Å². The van der Waals surface area contributed by atoms with Crippen molar-refractivity contribution < 1.29 is 0 Å². The molecule has 0 heterocycles. The van der Waals surface area contributed by atoms with Gasteiger partial charge < -0.3 is 5.32 Å². The van der Waals surface area contributed by atoms with E-state index in [4.69, 9.17) is 5.26 Å². The van der Waals surface area contributed by atoms with Crippen LogP contribution in [0, 0.1) is 11.3 Å². The molecule has 1 rings (SSSR count). The maximum absolute atomic E-state index is 8.46. The molecule has 56 valence electrons. The Morgan fingerprint density at radius 3 is 2.82 bits per heavy atom. The summed E-state index contributed by atoms with van der Waals surface area (Å²) in [5, 5.41) is 11.5. The monoisotopic (exact) mass is 146 g/mol. The number of para-hydroxylation sites is 1. The molecule has 2 nitrogen and oxygen atoms in total. The van der Waals surface area contributed by atoms with E-state index < -0.39 is 0 Å². The summed E-state index contributed by atoms with van der Waals surface area (Å²) < 4.78 is 0. The molecular weight excluding hydrogens is 136 g/mol. The maximum Gasteiger partial charge on any atom is 0.0670 e. The second-order valence-electron chi connectivity index (χ2n) is 2.24. The molecule has 0 aliphatic rings. The van der Waals surface area contributed by atoms with Crippen LogP contribution in [0.2, 0.25) is 0 Å². The number of nitrogens with one attached hydrogen (secondary N) is 1. The van der Waals surface area contributed by atoms with E-state index in [2.05, 4.69) is 11.4 Å². The van der Waals surface area contributed by atoms with Crippen LogP contribution in [0.1, 0.15) is 5.56 Å².